The number of aromatic amines is 2. The molecule has 0 fully saturated rings. The van der Waals surface area contributed by atoms with Crippen LogP contribution in [0.15, 0.2) is 60.8 Å². The molecule has 0 saturated carbocycles. The Hall–Kier alpha value is -4.54. The van der Waals surface area contributed by atoms with Crippen LogP contribution in [0.3, 0.4) is 0 Å². The summed E-state index contributed by atoms with van der Waals surface area (Å²) in [7, 11) is 1.85. The predicted octanol–water partition coefficient (Wildman–Crippen LogP) is 5.91. The minimum Gasteiger partial charge on any atom is -0.374 e. The van der Waals surface area contributed by atoms with Crippen molar-refractivity contribution in [3.63, 3.8) is 0 Å². The van der Waals surface area contributed by atoms with Gasteiger partial charge < -0.3 is 20.5 Å². The van der Waals surface area contributed by atoms with Gasteiger partial charge in [0.15, 0.2) is 0 Å². The highest BCUT2D eigenvalue weighted by atomic mass is 19.4. The molecule has 0 aliphatic rings. The molecule has 0 atom stereocenters. The van der Waals surface area contributed by atoms with Gasteiger partial charge >= 0.3 is 6.18 Å². The number of para-hydroxylation sites is 1. The number of hydrogen-bond acceptors (Lipinski definition) is 5. The Morgan fingerprint density at radius 1 is 1.08 bits per heavy atom. The summed E-state index contributed by atoms with van der Waals surface area (Å²) in [4.78, 5) is 22.6. The second kappa shape index (κ2) is 8.91. The first-order valence-electron chi connectivity index (χ1n) is 11.2. The van der Waals surface area contributed by atoms with Gasteiger partial charge in [-0.2, -0.15) is 18.3 Å². The van der Waals surface area contributed by atoms with E-state index >= 15 is 0 Å². The second-order valence-corrected chi connectivity index (χ2v) is 8.28. The number of carbonyl (C=O) groups is 1. The van der Waals surface area contributed by atoms with Crippen molar-refractivity contribution in [3.05, 3.63) is 71.9 Å². The minimum atomic E-state index is -4.52. The number of carbonyl (C=O) groups excluding carboxylic acids is 1. The Labute approximate surface area is 203 Å². The summed E-state index contributed by atoms with van der Waals surface area (Å²) in [6.07, 6.45) is -2.82. The number of hydrogen-bond donors (Lipinski definition) is 4. The number of alkyl halides is 3. The highest BCUT2D eigenvalue weighted by Crippen LogP contribution is 2.36. The van der Waals surface area contributed by atoms with Gasteiger partial charge in [-0.1, -0.05) is 12.1 Å². The Kier molecular flexibility index (Phi) is 5.75. The van der Waals surface area contributed by atoms with Crippen molar-refractivity contribution in [2.45, 2.75) is 13.1 Å². The van der Waals surface area contributed by atoms with Crippen LogP contribution in [0.2, 0.25) is 0 Å². The molecule has 0 bridgehead atoms. The highest BCUT2D eigenvalue weighted by Gasteiger charge is 2.33. The van der Waals surface area contributed by atoms with Gasteiger partial charge in [0.05, 0.1) is 45.2 Å². The molecule has 0 aliphatic heterocycles. The van der Waals surface area contributed by atoms with Gasteiger partial charge in [0.25, 0.3) is 5.91 Å². The van der Waals surface area contributed by atoms with Crippen molar-refractivity contribution in [1.29, 1.82) is 0 Å². The molecule has 5 aromatic rings. The van der Waals surface area contributed by atoms with E-state index in [-0.39, 0.29) is 17.5 Å². The Morgan fingerprint density at radius 2 is 1.89 bits per heavy atom. The number of imidazole rings is 1. The summed E-state index contributed by atoms with van der Waals surface area (Å²) in [6.45, 7) is 2.57. The maximum Gasteiger partial charge on any atom is 0.418 e. The molecule has 8 nitrogen and oxygen atoms in total. The molecule has 1 amide bonds. The molecule has 36 heavy (non-hydrogen) atoms. The van der Waals surface area contributed by atoms with Crippen LogP contribution >= 0.6 is 0 Å². The molecule has 2 aromatic heterocycles. The third kappa shape index (κ3) is 4.42. The van der Waals surface area contributed by atoms with Crippen LogP contribution in [0.5, 0.6) is 0 Å². The number of rotatable bonds is 6. The topological polar surface area (TPSA) is 102 Å². The summed E-state index contributed by atoms with van der Waals surface area (Å²) < 4.78 is 40.2. The minimum absolute atomic E-state index is 0.123. The zero-order chi connectivity index (χ0) is 25.4. The Bertz CT molecular complexity index is 1570. The average Bonchev–Trinajstić information content (AvgIpc) is 3.47. The summed E-state index contributed by atoms with van der Waals surface area (Å²) in [6, 6.07) is 14.0. The maximum absolute atomic E-state index is 13.4. The lowest BCUT2D eigenvalue weighted by molar-refractivity contribution is -0.136. The van der Waals surface area contributed by atoms with Crippen LogP contribution in [-0.4, -0.2) is 39.7 Å². The number of H-pyrrole nitrogens is 2. The van der Waals surface area contributed by atoms with Crippen molar-refractivity contribution >= 4 is 50.9 Å². The van der Waals surface area contributed by atoms with Crippen molar-refractivity contribution in [2.24, 2.45) is 0 Å². The van der Waals surface area contributed by atoms with Gasteiger partial charge in [0.1, 0.15) is 0 Å². The van der Waals surface area contributed by atoms with E-state index in [1.807, 2.05) is 24.9 Å². The monoisotopic (exact) mass is 493 g/mol. The number of nitrogens with one attached hydrogen (secondary N) is 4. The van der Waals surface area contributed by atoms with Crippen molar-refractivity contribution in [1.82, 2.24) is 20.2 Å². The molecule has 3 aromatic carbocycles. The Balaban J connectivity index is 1.50. The van der Waals surface area contributed by atoms with Crippen LogP contribution in [0, 0.1) is 0 Å². The van der Waals surface area contributed by atoms with Gasteiger partial charge in [0.2, 0.25) is 5.95 Å². The first kappa shape index (κ1) is 23.2. The molecule has 5 rings (SSSR count). The number of fused-ring (bicyclic) bond motifs is 2. The quantitative estimate of drug-likeness (QED) is 0.236. The predicted molar refractivity (Wildman–Crippen MR) is 134 cm³/mol. The smallest absolute Gasteiger partial charge is 0.374 e. The summed E-state index contributed by atoms with van der Waals surface area (Å²) >= 11 is 0. The SMILES string of the molecule is CCN(C)c1cc2nc(Nc3ccccc3C(F)(F)F)[nH]c2cc1C(=O)Nc1ccc2cn[nH]c2c1. The third-order valence-corrected chi connectivity index (χ3v) is 5.91. The van der Waals surface area contributed by atoms with Gasteiger partial charge in [-0.15, -0.1) is 0 Å². The molecule has 0 unspecified atom stereocenters. The maximum atomic E-state index is 13.4. The lowest BCUT2D eigenvalue weighted by atomic mass is 10.1. The van der Waals surface area contributed by atoms with E-state index in [1.54, 1.807) is 30.5 Å². The third-order valence-electron chi connectivity index (χ3n) is 5.91. The first-order valence-corrected chi connectivity index (χ1v) is 11.2. The van der Waals surface area contributed by atoms with Crippen LogP contribution in [0.25, 0.3) is 21.9 Å². The molecule has 184 valence electrons. The number of aromatic nitrogens is 4. The number of anilines is 4. The normalized spacial score (nSPS) is 11.7. The lowest BCUT2D eigenvalue weighted by Gasteiger charge is -2.20. The fourth-order valence-corrected chi connectivity index (χ4v) is 3.95. The first-order chi connectivity index (χ1) is 17.2. The largest absolute Gasteiger partial charge is 0.418 e. The average molecular weight is 493 g/mol. The lowest BCUT2D eigenvalue weighted by Crippen LogP contribution is -2.21. The molecule has 11 heteroatoms. The fraction of sp³-hybridized carbons (Fsp3) is 0.160. The molecule has 4 N–H and O–H groups in total. The van der Waals surface area contributed by atoms with Gasteiger partial charge in [-0.25, -0.2) is 4.98 Å². The molecule has 2 heterocycles. The van der Waals surface area contributed by atoms with Gasteiger partial charge in [-0.3, -0.25) is 9.89 Å². The molecule has 0 spiro atoms. The molecule has 0 saturated heterocycles. The van der Waals surface area contributed by atoms with E-state index in [1.165, 1.54) is 18.2 Å². The fourth-order valence-electron chi connectivity index (χ4n) is 3.95. The van der Waals surface area contributed by atoms with Gasteiger partial charge in [-0.05, 0) is 49.4 Å². The summed E-state index contributed by atoms with van der Waals surface area (Å²) in [5, 5.41) is 13.4. The van der Waals surface area contributed by atoms with Crippen molar-refractivity contribution in [2.75, 3.05) is 29.1 Å². The van der Waals surface area contributed by atoms with E-state index in [9.17, 15) is 18.0 Å². The number of nitrogens with zero attached hydrogens (tertiary/aromatic N) is 3. The van der Waals surface area contributed by atoms with Crippen molar-refractivity contribution < 1.29 is 18.0 Å². The van der Waals surface area contributed by atoms with Crippen LogP contribution in [-0.2, 0) is 6.18 Å². The number of benzene rings is 3. The second-order valence-electron chi connectivity index (χ2n) is 8.28. The highest BCUT2D eigenvalue weighted by molar-refractivity contribution is 6.11. The van der Waals surface area contributed by atoms with Crippen LogP contribution in [0.1, 0.15) is 22.8 Å². The van der Waals surface area contributed by atoms with Crippen molar-refractivity contribution in [3.8, 4) is 0 Å². The number of halogens is 3. The zero-order valence-electron chi connectivity index (χ0n) is 19.4. The van der Waals surface area contributed by atoms with Crippen LogP contribution in [0.4, 0.5) is 36.2 Å². The zero-order valence-corrected chi connectivity index (χ0v) is 19.4. The van der Waals surface area contributed by atoms with E-state index < -0.39 is 11.7 Å². The Morgan fingerprint density at radius 3 is 2.67 bits per heavy atom. The summed E-state index contributed by atoms with van der Waals surface area (Å²) in [5.41, 5.74) is 2.50. The van der Waals surface area contributed by atoms with Gasteiger partial charge in [0, 0.05) is 24.7 Å². The van der Waals surface area contributed by atoms with E-state index in [4.69, 9.17) is 0 Å². The number of amides is 1. The standard InChI is InChI=1S/C25H22F3N7O/c1-3-35(2)22-12-21-20(32-24(33-21)31-18-7-5-4-6-17(18)25(26,27)28)11-16(22)23(36)30-15-9-8-14-13-29-34-19(14)10-15/h4-13H,3H2,1-2H3,(H,29,34)(H,30,36)(H2,31,32,33). The molecular formula is C25H22F3N7O. The molecule has 0 aliphatic carbocycles. The molecule has 0 radical (unpaired) electrons. The van der Waals surface area contributed by atoms with E-state index in [0.29, 0.717) is 34.5 Å². The summed E-state index contributed by atoms with van der Waals surface area (Å²) in [5.74, 6) is -0.202. The van der Waals surface area contributed by atoms with E-state index in [0.717, 1.165) is 17.0 Å². The van der Waals surface area contributed by atoms with E-state index in [2.05, 4.69) is 30.8 Å². The van der Waals surface area contributed by atoms with Crippen LogP contribution < -0.4 is 15.5 Å². The molecular weight excluding hydrogens is 471 g/mol.